The maximum absolute atomic E-state index is 11.2. The molecule has 0 spiro atoms. The topological polar surface area (TPSA) is 36.4 Å². The third-order valence-electron chi connectivity index (χ3n) is 3.50. The van der Waals surface area contributed by atoms with Gasteiger partial charge in [0.15, 0.2) is 0 Å². The molecule has 1 aliphatic heterocycles. The van der Waals surface area contributed by atoms with Crippen molar-refractivity contribution in [3.05, 3.63) is 30.1 Å². The van der Waals surface area contributed by atoms with E-state index < -0.39 is 0 Å². The lowest BCUT2D eigenvalue weighted by Crippen LogP contribution is -2.48. The Labute approximate surface area is 102 Å². The molecule has 0 radical (unpaired) electrons. The number of piperazine rings is 1. The molecule has 1 fully saturated rings. The zero-order valence-corrected chi connectivity index (χ0v) is 10.5. The van der Waals surface area contributed by atoms with E-state index in [9.17, 15) is 4.79 Å². The van der Waals surface area contributed by atoms with Gasteiger partial charge in [0.25, 0.3) is 0 Å². The Hall–Kier alpha value is -1.42. The van der Waals surface area contributed by atoms with E-state index in [4.69, 9.17) is 0 Å². The van der Waals surface area contributed by atoms with Gasteiger partial charge in [-0.3, -0.25) is 14.7 Å². The SMILES string of the molecule is CC(=O)N1CCN(C(C)c2ccncc2)CC1. The van der Waals surface area contributed by atoms with Crippen LogP contribution in [0.25, 0.3) is 0 Å². The summed E-state index contributed by atoms with van der Waals surface area (Å²) in [6.45, 7) is 7.42. The van der Waals surface area contributed by atoms with E-state index in [1.807, 2.05) is 17.3 Å². The summed E-state index contributed by atoms with van der Waals surface area (Å²) in [4.78, 5) is 19.6. The van der Waals surface area contributed by atoms with E-state index in [1.165, 1.54) is 5.56 Å². The fourth-order valence-electron chi connectivity index (χ4n) is 2.28. The number of rotatable bonds is 2. The van der Waals surface area contributed by atoms with E-state index in [0.29, 0.717) is 6.04 Å². The molecule has 0 saturated carbocycles. The van der Waals surface area contributed by atoms with Crippen molar-refractivity contribution in [2.45, 2.75) is 19.9 Å². The van der Waals surface area contributed by atoms with Crippen molar-refractivity contribution in [1.82, 2.24) is 14.8 Å². The molecule has 2 heterocycles. The summed E-state index contributed by atoms with van der Waals surface area (Å²) < 4.78 is 0. The molecule has 2 rings (SSSR count). The number of amides is 1. The second kappa shape index (κ2) is 5.27. The molecule has 0 aliphatic carbocycles. The first kappa shape index (κ1) is 12.0. The average Bonchev–Trinajstić information content (AvgIpc) is 2.39. The van der Waals surface area contributed by atoms with Gasteiger partial charge in [-0.15, -0.1) is 0 Å². The highest BCUT2D eigenvalue weighted by Gasteiger charge is 2.22. The van der Waals surface area contributed by atoms with Crippen LogP contribution in [0.4, 0.5) is 0 Å². The van der Waals surface area contributed by atoms with Crippen LogP contribution in [-0.4, -0.2) is 46.9 Å². The van der Waals surface area contributed by atoms with Gasteiger partial charge in [-0.2, -0.15) is 0 Å². The van der Waals surface area contributed by atoms with Crippen molar-refractivity contribution >= 4 is 5.91 Å². The molecular formula is C13H19N3O. The van der Waals surface area contributed by atoms with E-state index in [-0.39, 0.29) is 5.91 Å². The zero-order chi connectivity index (χ0) is 12.3. The highest BCUT2D eigenvalue weighted by molar-refractivity contribution is 5.73. The summed E-state index contributed by atoms with van der Waals surface area (Å²) >= 11 is 0. The standard InChI is InChI=1S/C13H19N3O/c1-11(13-3-5-14-6-4-13)15-7-9-16(10-8-15)12(2)17/h3-6,11H,7-10H2,1-2H3. The molecule has 1 saturated heterocycles. The highest BCUT2D eigenvalue weighted by atomic mass is 16.2. The fraction of sp³-hybridized carbons (Fsp3) is 0.538. The number of nitrogens with zero attached hydrogens (tertiary/aromatic N) is 3. The molecule has 1 amide bonds. The molecule has 4 nitrogen and oxygen atoms in total. The summed E-state index contributed by atoms with van der Waals surface area (Å²) in [7, 11) is 0. The molecule has 17 heavy (non-hydrogen) atoms. The third-order valence-corrected chi connectivity index (χ3v) is 3.50. The lowest BCUT2D eigenvalue weighted by atomic mass is 10.1. The van der Waals surface area contributed by atoms with Crippen LogP contribution in [0, 0.1) is 0 Å². The van der Waals surface area contributed by atoms with Gasteiger partial charge < -0.3 is 4.90 Å². The normalized spacial score (nSPS) is 19.1. The molecular weight excluding hydrogens is 214 g/mol. The monoisotopic (exact) mass is 233 g/mol. The maximum Gasteiger partial charge on any atom is 0.219 e. The van der Waals surface area contributed by atoms with Crippen LogP contribution >= 0.6 is 0 Å². The lowest BCUT2D eigenvalue weighted by Gasteiger charge is -2.37. The molecule has 1 unspecified atom stereocenters. The largest absolute Gasteiger partial charge is 0.340 e. The van der Waals surface area contributed by atoms with Crippen molar-refractivity contribution in [1.29, 1.82) is 0 Å². The molecule has 4 heteroatoms. The number of carbonyl (C=O) groups is 1. The molecule has 0 N–H and O–H groups in total. The van der Waals surface area contributed by atoms with Crippen molar-refractivity contribution in [2.75, 3.05) is 26.2 Å². The van der Waals surface area contributed by atoms with Crippen molar-refractivity contribution in [2.24, 2.45) is 0 Å². The average molecular weight is 233 g/mol. The van der Waals surface area contributed by atoms with Crippen LogP contribution in [0.1, 0.15) is 25.5 Å². The predicted molar refractivity (Wildman–Crippen MR) is 66.5 cm³/mol. The zero-order valence-electron chi connectivity index (χ0n) is 10.5. The number of pyridine rings is 1. The minimum Gasteiger partial charge on any atom is -0.340 e. The number of carbonyl (C=O) groups excluding carboxylic acids is 1. The van der Waals surface area contributed by atoms with E-state index in [2.05, 4.69) is 28.9 Å². The minimum absolute atomic E-state index is 0.182. The molecule has 0 aromatic carbocycles. The Morgan fingerprint density at radius 2 is 1.82 bits per heavy atom. The Balaban J connectivity index is 1.95. The smallest absolute Gasteiger partial charge is 0.219 e. The van der Waals surface area contributed by atoms with Crippen LogP contribution in [0.15, 0.2) is 24.5 Å². The van der Waals surface area contributed by atoms with E-state index in [0.717, 1.165) is 26.2 Å². The lowest BCUT2D eigenvalue weighted by molar-refractivity contribution is -0.130. The maximum atomic E-state index is 11.2. The van der Waals surface area contributed by atoms with Crippen LogP contribution in [0.5, 0.6) is 0 Å². The Kier molecular flexibility index (Phi) is 3.74. The molecule has 1 atom stereocenters. The van der Waals surface area contributed by atoms with Crippen LogP contribution in [0.2, 0.25) is 0 Å². The molecule has 0 bridgehead atoms. The van der Waals surface area contributed by atoms with Crippen LogP contribution in [-0.2, 0) is 4.79 Å². The summed E-state index contributed by atoms with van der Waals surface area (Å²) in [6.07, 6.45) is 3.66. The number of aromatic nitrogens is 1. The second-order valence-corrected chi connectivity index (χ2v) is 4.50. The Bertz CT molecular complexity index is 372. The highest BCUT2D eigenvalue weighted by Crippen LogP contribution is 2.20. The quantitative estimate of drug-likeness (QED) is 0.772. The number of hydrogen-bond acceptors (Lipinski definition) is 3. The first-order valence-corrected chi connectivity index (χ1v) is 6.08. The Morgan fingerprint density at radius 1 is 1.24 bits per heavy atom. The molecule has 1 aromatic heterocycles. The van der Waals surface area contributed by atoms with Gasteiger partial charge in [-0.1, -0.05) is 0 Å². The molecule has 1 aromatic rings. The van der Waals surface area contributed by atoms with Gasteiger partial charge in [-0.05, 0) is 24.6 Å². The summed E-state index contributed by atoms with van der Waals surface area (Å²) in [6, 6.07) is 4.51. The minimum atomic E-state index is 0.182. The van der Waals surface area contributed by atoms with Gasteiger partial charge in [0.2, 0.25) is 5.91 Å². The summed E-state index contributed by atoms with van der Waals surface area (Å²) in [5.74, 6) is 0.182. The van der Waals surface area contributed by atoms with Crippen LogP contribution in [0.3, 0.4) is 0 Å². The van der Waals surface area contributed by atoms with Crippen molar-refractivity contribution in [3.8, 4) is 0 Å². The van der Waals surface area contributed by atoms with E-state index in [1.54, 1.807) is 6.92 Å². The third kappa shape index (κ3) is 2.82. The first-order valence-electron chi connectivity index (χ1n) is 6.08. The van der Waals surface area contributed by atoms with Gasteiger partial charge in [0.1, 0.15) is 0 Å². The number of hydrogen-bond donors (Lipinski definition) is 0. The fourth-order valence-corrected chi connectivity index (χ4v) is 2.28. The molecule has 92 valence electrons. The van der Waals surface area contributed by atoms with Gasteiger partial charge in [0.05, 0.1) is 0 Å². The van der Waals surface area contributed by atoms with Gasteiger partial charge in [-0.25, -0.2) is 0 Å². The van der Waals surface area contributed by atoms with Gasteiger partial charge in [0, 0.05) is 51.5 Å². The predicted octanol–water partition coefficient (Wildman–Crippen LogP) is 1.31. The van der Waals surface area contributed by atoms with Gasteiger partial charge >= 0.3 is 0 Å². The summed E-state index contributed by atoms with van der Waals surface area (Å²) in [5, 5.41) is 0. The first-order chi connectivity index (χ1) is 8.18. The Morgan fingerprint density at radius 3 is 2.35 bits per heavy atom. The van der Waals surface area contributed by atoms with E-state index >= 15 is 0 Å². The second-order valence-electron chi connectivity index (χ2n) is 4.50. The van der Waals surface area contributed by atoms with Crippen LogP contribution < -0.4 is 0 Å². The van der Waals surface area contributed by atoms with Crippen molar-refractivity contribution < 1.29 is 4.79 Å². The summed E-state index contributed by atoms with van der Waals surface area (Å²) in [5.41, 5.74) is 1.29. The van der Waals surface area contributed by atoms with Crippen molar-refractivity contribution in [3.63, 3.8) is 0 Å². The molecule has 1 aliphatic rings.